The number of rotatable bonds is 2. The maximum absolute atomic E-state index is 12.7. The average molecular weight is 382 g/mol. The topological polar surface area (TPSA) is 55.4 Å². The number of halogens is 1. The van der Waals surface area contributed by atoms with Gasteiger partial charge in [-0.05, 0) is 37.5 Å². The Balaban J connectivity index is 1.93. The van der Waals surface area contributed by atoms with E-state index in [1.54, 1.807) is 6.92 Å². The zero-order valence-electron chi connectivity index (χ0n) is 12.3. The number of hydrogen-bond donors (Lipinski definition) is 1. The average Bonchev–Trinajstić information content (AvgIpc) is 2.46. The molecule has 6 heteroatoms. The molecule has 0 spiro atoms. The number of thioether (sulfide) groups is 1. The number of hydrogen-bond acceptors (Lipinski definition) is 5. The highest BCUT2D eigenvalue weighted by Crippen LogP contribution is 2.47. The van der Waals surface area contributed by atoms with Crippen molar-refractivity contribution in [2.45, 2.75) is 25.2 Å². The van der Waals surface area contributed by atoms with E-state index in [1.165, 1.54) is 11.8 Å². The summed E-state index contributed by atoms with van der Waals surface area (Å²) in [6.45, 7) is 3.97. The van der Waals surface area contributed by atoms with Gasteiger partial charge in [0.1, 0.15) is 5.92 Å². The summed E-state index contributed by atoms with van der Waals surface area (Å²) in [6.07, 6.45) is 0.674. The number of fused-ring (bicyclic) bond motifs is 1. The molecule has 1 aromatic rings. The summed E-state index contributed by atoms with van der Waals surface area (Å²) in [5.41, 5.74) is 1.92. The largest absolute Gasteiger partial charge is 0.465 e. The summed E-state index contributed by atoms with van der Waals surface area (Å²) in [6, 6.07) is 5.93. The third-order valence-corrected chi connectivity index (χ3v) is 5.56. The molecule has 0 amide bonds. The van der Waals surface area contributed by atoms with Gasteiger partial charge < -0.3 is 10.1 Å². The molecule has 4 nitrogen and oxygen atoms in total. The highest BCUT2D eigenvalue weighted by molar-refractivity contribution is 9.10. The number of nitrogens with one attached hydrogen (secondary N) is 1. The van der Waals surface area contributed by atoms with Crippen molar-refractivity contribution in [2.24, 2.45) is 11.8 Å². The van der Waals surface area contributed by atoms with E-state index >= 15 is 0 Å². The van der Waals surface area contributed by atoms with Crippen molar-refractivity contribution in [3.05, 3.63) is 33.3 Å². The van der Waals surface area contributed by atoms with Crippen LogP contribution in [0.25, 0.3) is 0 Å². The predicted molar refractivity (Wildman–Crippen MR) is 89.6 cm³/mol. The Labute approximate surface area is 141 Å². The van der Waals surface area contributed by atoms with Gasteiger partial charge in [0.25, 0.3) is 0 Å². The van der Waals surface area contributed by atoms with Gasteiger partial charge in [-0.25, -0.2) is 0 Å². The lowest BCUT2D eigenvalue weighted by Gasteiger charge is -2.33. The first-order chi connectivity index (χ1) is 10.5. The van der Waals surface area contributed by atoms with Crippen LogP contribution in [0.2, 0.25) is 0 Å². The summed E-state index contributed by atoms with van der Waals surface area (Å²) in [5, 5.41) is 3.34. The van der Waals surface area contributed by atoms with E-state index in [4.69, 9.17) is 4.74 Å². The summed E-state index contributed by atoms with van der Waals surface area (Å²) in [5.74, 6) is -1.29. The minimum absolute atomic E-state index is 0.0598. The molecule has 3 rings (SSSR count). The van der Waals surface area contributed by atoms with Crippen molar-refractivity contribution in [2.75, 3.05) is 11.9 Å². The smallest absolute Gasteiger partial charge is 0.317 e. The Morgan fingerprint density at radius 3 is 3.00 bits per heavy atom. The van der Waals surface area contributed by atoms with E-state index in [1.807, 2.05) is 25.1 Å². The summed E-state index contributed by atoms with van der Waals surface area (Å²) in [7, 11) is 0. The third kappa shape index (κ3) is 2.70. The van der Waals surface area contributed by atoms with Crippen LogP contribution in [0, 0.1) is 11.8 Å². The van der Waals surface area contributed by atoms with Crippen molar-refractivity contribution in [1.82, 2.24) is 0 Å². The fourth-order valence-corrected chi connectivity index (χ4v) is 4.46. The van der Waals surface area contributed by atoms with Gasteiger partial charge >= 0.3 is 5.97 Å². The molecule has 1 heterocycles. The van der Waals surface area contributed by atoms with Crippen LogP contribution >= 0.6 is 27.7 Å². The van der Waals surface area contributed by atoms with Gasteiger partial charge in [0.05, 0.1) is 17.2 Å². The zero-order chi connectivity index (χ0) is 15.9. The minimum atomic E-state index is -0.693. The van der Waals surface area contributed by atoms with Crippen LogP contribution in [0.1, 0.15) is 20.3 Å². The van der Waals surface area contributed by atoms with Crippen LogP contribution < -0.4 is 5.32 Å². The van der Waals surface area contributed by atoms with Gasteiger partial charge in [0.2, 0.25) is 0 Å². The Morgan fingerprint density at radius 2 is 2.27 bits per heavy atom. The fraction of sp³-hybridized carbons (Fsp3) is 0.375. The molecule has 2 aliphatic rings. The molecule has 0 fully saturated rings. The number of allylic oxidation sites excluding steroid dienone is 2. The molecule has 0 saturated heterocycles. The van der Waals surface area contributed by atoms with Gasteiger partial charge in [-0.2, -0.15) is 0 Å². The Kier molecular flexibility index (Phi) is 4.32. The van der Waals surface area contributed by atoms with Crippen molar-refractivity contribution >= 4 is 45.1 Å². The molecule has 0 saturated carbocycles. The second-order valence-electron chi connectivity index (χ2n) is 5.45. The summed E-state index contributed by atoms with van der Waals surface area (Å²) in [4.78, 5) is 26.5. The standard InChI is InChI=1S/C16H16BrNO3S/c1-3-21-16(20)13-8(2)6-11-15(14(13)19)22-12-7-9(17)4-5-10(12)18-11/h4-5,7-8,13,18H,3,6H2,1-2H3. The van der Waals surface area contributed by atoms with E-state index in [9.17, 15) is 9.59 Å². The normalized spacial score (nSPS) is 23.5. The van der Waals surface area contributed by atoms with Gasteiger partial charge in [0.15, 0.2) is 5.78 Å². The first kappa shape index (κ1) is 15.6. The summed E-state index contributed by atoms with van der Waals surface area (Å²) >= 11 is 4.88. The number of benzene rings is 1. The van der Waals surface area contributed by atoms with Crippen molar-refractivity contribution in [1.29, 1.82) is 0 Å². The monoisotopic (exact) mass is 381 g/mol. The molecule has 2 atom stereocenters. The quantitative estimate of drug-likeness (QED) is 0.620. The molecule has 22 heavy (non-hydrogen) atoms. The van der Waals surface area contributed by atoms with Gasteiger partial charge in [0, 0.05) is 15.1 Å². The molecule has 0 aromatic heterocycles. The highest BCUT2D eigenvalue weighted by Gasteiger charge is 2.42. The summed E-state index contributed by atoms with van der Waals surface area (Å²) < 4.78 is 6.03. The van der Waals surface area contributed by atoms with Crippen LogP contribution in [0.4, 0.5) is 5.69 Å². The Hall–Kier alpha value is -1.27. The van der Waals surface area contributed by atoms with Gasteiger partial charge in [-0.3, -0.25) is 9.59 Å². The van der Waals surface area contributed by atoms with Crippen LogP contribution in [0.15, 0.2) is 38.2 Å². The lowest BCUT2D eigenvalue weighted by Crippen LogP contribution is -2.37. The first-order valence-electron chi connectivity index (χ1n) is 7.19. The third-order valence-electron chi connectivity index (χ3n) is 3.86. The molecule has 1 N–H and O–H groups in total. The van der Waals surface area contributed by atoms with Crippen molar-refractivity contribution in [3.8, 4) is 0 Å². The molecular formula is C16H16BrNO3S. The number of Topliss-reactive ketones (excluding diaryl/α,β-unsaturated/α-hetero) is 1. The predicted octanol–water partition coefficient (Wildman–Crippen LogP) is 3.97. The molecule has 1 aliphatic heterocycles. The molecule has 2 unspecified atom stereocenters. The van der Waals surface area contributed by atoms with Gasteiger partial charge in [-0.1, -0.05) is 34.6 Å². The fourth-order valence-electron chi connectivity index (χ4n) is 2.83. The first-order valence-corrected chi connectivity index (χ1v) is 8.80. The van der Waals surface area contributed by atoms with Crippen LogP contribution in [-0.2, 0) is 14.3 Å². The zero-order valence-corrected chi connectivity index (χ0v) is 14.7. The van der Waals surface area contributed by atoms with Crippen molar-refractivity contribution in [3.63, 3.8) is 0 Å². The molecule has 116 valence electrons. The van der Waals surface area contributed by atoms with E-state index in [-0.39, 0.29) is 11.7 Å². The molecule has 1 aliphatic carbocycles. The maximum atomic E-state index is 12.7. The van der Waals surface area contributed by atoms with E-state index in [2.05, 4.69) is 21.2 Å². The second-order valence-corrected chi connectivity index (χ2v) is 7.42. The number of carbonyl (C=O) groups is 2. The van der Waals surface area contributed by atoms with E-state index in [0.717, 1.165) is 20.8 Å². The van der Waals surface area contributed by atoms with E-state index in [0.29, 0.717) is 17.9 Å². The van der Waals surface area contributed by atoms with Crippen LogP contribution in [0.5, 0.6) is 0 Å². The van der Waals surface area contributed by atoms with E-state index < -0.39 is 11.9 Å². The van der Waals surface area contributed by atoms with Gasteiger partial charge in [-0.15, -0.1) is 0 Å². The maximum Gasteiger partial charge on any atom is 0.317 e. The minimum Gasteiger partial charge on any atom is -0.465 e. The Morgan fingerprint density at radius 1 is 1.50 bits per heavy atom. The number of ether oxygens (including phenoxy) is 1. The van der Waals surface area contributed by atoms with Crippen LogP contribution in [-0.4, -0.2) is 18.4 Å². The van der Waals surface area contributed by atoms with Crippen LogP contribution in [0.3, 0.4) is 0 Å². The number of carbonyl (C=O) groups excluding carboxylic acids is 2. The SMILES string of the molecule is CCOC(=O)C1C(=O)C2=C(CC1C)Nc1ccc(Br)cc1S2. The second kappa shape index (κ2) is 6.08. The molecule has 1 aromatic carbocycles. The Bertz CT molecular complexity index is 686. The molecule has 0 radical (unpaired) electrons. The van der Waals surface area contributed by atoms with Crippen molar-refractivity contribution < 1.29 is 14.3 Å². The number of ketones is 1. The molecular weight excluding hydrogens is 366 g/mol. The number of anilines is 1. The lowest BCUT2D eigenvalue weighted by atomic mass is 9.81. The number of esters is 1. The molecule has 0 bridgehead atoms. The lowest BCUT2D eigenvalue weighted by molar-refractivity contribution is -0.152. The highest BCUT2D eigenvalue weighted by atomic mass is 79.9.